The molecule has 0 amide bonds. The van der Waals surface area contributed by atoms with E-state index in [9.17, 15) is 0 Å². The highest BCUT2D eigenvalue weighted by molar-refractivity contribution is 5.18. The van der Waals surface area contributed by atoms with Gasteiger partial charge in [0.25, 0.3) is 0 Å². The molecule has 0 aliphatic carbocycles. The monoisotopic (exact) mass is 221 g/mol. The van der Waals surface area contributed by atoms with E-state index in [4.69, 9.17) is 4.74 Å². The normalized spacial score (nSPS) is 13.8. The van der Waals surface area contributed by atoms with Crippen LogP contribution in [0.1, 0.15) is 39.4 Å². The van der Waals surface area contributed by atoms with E-state index in [1.54, 1.807) is 0 Å². The molecule has 0 bridgehead atoms. The second kappa shape index (κ2) is 6.02. The Morgan fingerprint density at radius 3 is 2.31 bits per heavy atom. The maximum atomic E-state index is 6.06. The van der Waals surface area contributed by atoms with Crippen molar-refractivity contribution in [2.24, 2.45) is 0 Å². The molecule has 0 spiro atoms. The van der Waals surface area contributed by atoms with Crippen molar-refractivity contribution in [3.05, 3.63) is 35.9 Å². The van der Waals surface area contributed by atoms with Crippen LogP contribution in [0.25, 0.3) is 0 Å². The lowest BCUT2D eigenvalue weighted by Gasteiger charge is -2.28. The molecule has 16 heavy (non-hydrogen) atoms. The van der Waals surface area contributed by atoms with Gasteiger partial charge in [0.1, 0.15) is 0 Å². The first-order chi connectivity index (χ1) is 7.53. The molecule has 2 heteroatoms. The van der Waals surface area contributed by atoms with Crippen LogP contribution in [0.2, 0.25) is 0 Å². The molecular weight excluding hydrogens is 198 g/mol. The highest BCUT2D eigenvalue weighted by Crippen LogP contribution is 2.23. The van der Waals surface area contributed by atoms with E-state index in [0.29, 0.717) is 0 Å². The first-order valence-corrected chi connectivity index (χ1v) is 5.96. The highest BCUT2D eigenvalue weighted by atomic mass is 16.5. The van der Waals surface area contributed by atoms with Crippen LogP contribution in [0.15, 0.2) is 30.3 Å². The molecule has 0 aliphatic rings. The largest absolute Gasteiger partial charge is 0.367 e. The molecular formula is C14H23NO. The molecule has 0 radical (unpaired) electrons. The zero-order valence-electron chi connectivity index (χ0n) is 10.8. The van der Waals surface area contributed by atoms with Gasteiger partial charge in [-0.25, -0.2) is 0 Å². The summed E-state index contributed by atoms with van der Waals surface area (Å²) >= 11 is 0. The Morgan fingerprint density at radius 1 is 1.19 bits per heavy atom. The Labute approximate surface area is 99.0 Å². The number of ether oxygens (including phenoxy) is 1. The summed E-state index contributed by atoms with van der Waals surface area (Å²) in [5.41, 5.74) is 1.12. The Bertz CT molecular complexity index is 289. The van der Waals surface area contributed by atoms with E-state index in [1.165, 1.54) is 5.56 Å². The van der Waals surface area contributed by atoms with Crippen LogP contribution < -0.4 is 5.32 Å². The quantitative estimate of drug-likeness (QED) is 0.824. The second-order valence-corrected chi connectivity index (χ2v) is 4.94. The minimum absolute atomic E-state index is 0.115. The van der Waals surface area contributed by atoms with E-state index in [2.05, 4.69) is 57.3 Å². The van der Waals surface area contributed by atoms with Gasteiger partial charge in [-0.1, -0.05) is 37.3 Å². The molecule has 0 aliphatic heterocycles. The smallest absolute Gasteiger partial charge is 0.0956 e. The van der Waals surface area contributed by atoms with Crippen molar-refractivity contribution < 1.29 is 4.74 Å². The lowest BCUT2D eigenvalue weighted by Crippen LogP contribution is -2.29. The number of hydrogen-bond acceptors (Lipinski definition) is 2. The van der Waals surface area contributed by atoms with Crippen molar-refractivity contribution >= 4 is 0 Å². The van der Waals surface area contributed by atoms with Crippen LogP contribution >= 0.6 is 0 Å². The fourth-order valence-corrected chi connectivity index (χ4v) is 1.60. The lowest BCUT2D eigenvalue weighted by atomic mass is 10.1. The fourth-order valence-electron chi connectivity index (χ4n) is 1.60. The van der Waals surface area contributed by atoms with Gasteiger partial charge in [0, 0.05) is 6.54 Å². The van der Waals surface area contributed by atoms with Gasteiger partial charge in [0.2, 0.25) is 0 Å². The number of hydrogen-bond donors (Lipinski definition) is 1. The van der Waals surface area contributed by atoms with Gasteiger partial charge in [-0.15, -0.1) is 0 Å². The van der Waals surface area contributed by atoms with E-state index in [0.717, 1.165) is 13.1 Å². The summed E-state index contributed by atoms with van der Waals surface area (Å²) < 4.78 is 6.06. The predicted octanol–water partition coefficient (Wildman–Crippen LogP) is 3.15. The molecule has 1 aromatic carbocycles. The molecule has 1 unspecified atom stereocenters. The van der Waals surface area contributed by atoms with Crippen molar-refractivity contribution in [3.8, 4) is 0 Å². The maximum Gasteiger partial charge on any atom is 0.0956 e. The molecule has 1 aromatic rings. The summed E-state index contributed by atoms with van der Waals surface area (Å²) in [6.07, 6.45) is 0.126. The topological polar surface area (TPSA) is 21.3 Å². The average molecular weight is 221 g/mol. The van der Waals surface area contributed by atoms with Crippen LogP contribution in [-0.2, 0) is 4.74 Å². The third kappa shape index (κ3) is 4.77. The Kier molecular flexibility index (Phi) is 4.97. The van der Waals surface area contributed by atoms with Crippen LogP contribution in [-0.4, -0.2) is 18.7 Å². The Balaban J connectivity index is 2.71. The third-order valence-corrected chi connectivity index (χ3v) is 2.25. The van der Waals surface area contributed by atoms with Gasteiger partial charge in [-0.3, -0.25) is 0 Å². The van der Waals surface area contributed by atoms with Crippen molar-refractivity contribution in [2.75, 3.05) is 13.1 Å². The van der Waals surface area contributed by atoms with Crippen molar-refractivity contribution in [1.29, 1.82) is 0 Å². The zero-order valence-corrected chi connectivity index (χ0v) is 10.8. The predicted molar refractivity (Wildman–Crippen MR) is 68.6 cm³/mol. The van der Waals surface area contributed by atoms with Crippen molar-refractivity contribution in [2.45, 2.75) is 39.4 Å². The zero-order chi connectivity index (χ0) is 12.0. The van der Waals surface area contributed by atoms with Gasteiger partial charge in [0.15, 0.2) is 0 Å². The van der Waals surface area contributed by atoms with E-state index in [-0.39, 0.29) is 11.7 Å². The average Bonchev–Trinajstić information content (AvgIpc) is 2.24. The van der Waals surface area contributed by atoms with Gasteiger partial charge >= 0.3 is 0 Å². The van der Waals surface area contributed by atoms with Gasteiger partial charge in [-0.05, 0) is 32.9 Å². The lowest BCUT2D eigenvalue weighted by molar-refractivity contribution is -0.0604. The summed E-state index contributed by atoms with van der Waals surface area (Å²) in [7, 11) is 0. The number of rotatable bonds is 5. The highest BCUT2D eigenvalue weighted by Gasteiger charge is 2.19. The molecule has 0 heterocycles. The summed E-state index contributed by atoms with van der Waals surface area (Å²) in [5.74, 6) is 0. The molecule has 0 aromatic heterocycles. The number of nitrogens with one attached hydrogen (secondary N) is 1. The fraction of sp³-hybridized carbons (Fsp3) is 0.571. The summed E-state index contributed by atoms with van der Waals surface area (Å²) in [6.45, 7) is 10.2. The van der Waals surface area contributed by atoms with Gasteiger partial charge in [-0.2, -0.15) is 0 Å². The summed E-state index contributed by atoms with van der Waals surface area (Å²) in [4.78, 5) is 0. The van der Waals surface area contributed by atoms with Gasteiger partial charge < -0.3 is 10.1 Å². The molecule has 0 fully saturated rings. The molecule has 90 valence electrons. The van der Waals surface area contributed by atoms with Crippen molar-refractivity contribution in [1.82, 2.24) is 5.32 Å². The van der Waals surface area contributed by atoms with E-state index < -0.39 is 0 Å². The molecule has 2 nitrogen and oxygen atoms in total. The second-order valence-electron chi connectivity index (χ2n) is 4.94. The van der Waals surface area contributed by atoms with Crippen LogP contribution in [0.4, 0.5) is 0 Å². The molecule has 1 rings (SSSR count). The van der Waals surface area contributed by atoms with E-state index >= 15 is 0 Å². The standard InChI is InChI=1S/C14H23NO/c1-5-15-11-13(16-14(2,3)4)12-9-7-6-8-10-12/h6-10,13,15H,5,11H2,1-4H3. The van der Waals surface area contributed by atoms with Crippen LogP contribution in [0, 0.1) is 0 Å². The summed E-state index contributed by atoms with van der Waals surface area (Å²) in [5, 5.41) is 3.34. The Morgan fingerprint density at radius 2 is 1.81 bits per heavy atom. The first-order valence-electron chi connectivity index (χ1n) is 5.96. The Hall–Kier alpha value is -0.860. The van der Waals surface area contributed by atoms with Crippen molar-refractivity contribution in [3.63, 3.8) is 0 Å². The maximum absolute atomic E-state index is 6.06. The molecule has 0 saturated heterocycles. The molecule has 1 atom stereocenters. The number of benzene rings is 1. The minimum Gasteiger partial charge on any atom is -0.367 e. The minimum atomic E-state index is -0.115. The first kappa shape index (κ1) is 13.2. The SMILES string of the molecule is CCNCC(OC(C)(C)C)c1ccccc1. The van der Waals surface area contributed by atoms with Crippen LogP contribution in [0.3, 0.4) is 0 Å². The molecule has 0 saturated carbocycles. The van der Waals surface area contributed by atoms with E-state index in [1.807, 2.05) is 6.07 Å². The van der Waals surface area contributed by atoms with Gasteiger partial charge in [0.05, 0.1) is 11.7 Å². The summed E-state index contributed by atoms with van der Waals surface area (Å²) in [6, 6.07) is 10.4. The number of likely N-dealkylation sites (N-methyl/N-ethyl adjacent to an activating group) is 1. The third-order valence-electron chi connectivity index (χ3n) is 2.25. The molecule has 1 N–H and O–H groups in total. The van der Waals surface area contributed by atoms with Crippen LogP contribution in [0.5, 0.6) is 0 Å².